The van der Waals surface area contributed by atoms with Crippen LogP contribution in [0.4, 0.5) is 5.69 Å². The van der Waals surface area contributed by atoms with E-state index in [0.717, 1.165) is 0 Å². The zero-order valence-electron chi connectivity index (χ0n) is 14.5. The second-order valence-electron chi connectivity index (χ2n) is 6.07. The van der Waals surface area contributed by atoms with Gasteiger partial charge < -0.3 is 15.0 Å². The fraction of sp³-hybridized carbons (Fsp3) is 0.263. The van der Waals surface area contributed by atoms with Crippen LogP contribution >= 0.6 is 34.8 Å². The fourth-order valence-electron chi connectivity index (χ4n) is 3.00. The Kier molecular flexibility index (Phi) is 6.15. The zero-order chi connectivity index (χ0) is 19.6. The van der Waals surface area contributed by atoms with E-state index in [0.29, 0.717) is 51.6 Å². The minimum atomic E-state index is -0.833. The van der Waals surface area contributed by atoms with Crippen molar-refractivity contribution in [2.75, 3.05) is 18.1 Å². The number of amides is 2. The van der Waals surface area contributed by atoms with Crippen LogP contribution in [0.1, 0.15) is 24.9 Å². The second-order valence-corrected chi connectivity index (χ2v) is 7.32. The van der Waals surface area contributed by atoms with Crippen molar-refractivity contribution in [1.82, 2.24) is 5.32 Å². The van der Waals surface area contributed by atoms with Gasteiger partial charge in [-0.15, -0.1) is 0 Å². The van der Waals surface area contributed by atoms with Crippen LogP contribution in [0.15, 0.2) is 36.4 Å². The maximum Gasteiger partial charge on any atom is 0.254 e. The van der Waals surface area contributed by atoms with Gasteiger partial charge in [0.15, 0.2) is 0 Å². The van der Waals surface area contributed by atoms with Crippen molar-refractivity contribution < 1.29 is 14.3 Å². The van der Waals surface area contributed by atoms with Crippen molar-refractivity contribution in [3.05, 3.63) is 57.0 Å². The molecule has 2 aromatic carbocycles. The second kappa shape index (κ2) is 8.38. The summed E-state index contributed by atoms with van der Waals surface area (Å²) in [6.07, 6.45) is 0.573. The summed E-state index contributed by atoms with van der Waals surface area (Å²) in [6, 6.07) is 9.49. The summed E-state index contributed by atoms with van der Waals surface area (Å²) >= 11 is 18.4. The summed E-state index contributed by atoms with van der Waals surface area (Å²) in [4.78, 5) is 25.9. The van der Waals surface area contributed by atoms with E-state index in [9.17, 15) is 9.59 Å². The molecule has 0 aromatic heterocycles. The van der Waals surface area contributed by atoms with Crippen LogP contribution in [0.2, 0.25) is 15.1 Å². The minimum absolute atomic E-state index is 0.262. The molecule has 2 aromatic rings. The number of hydrogen-bond donors (Lipinski definition) is 1. The third kappa shape index (κ3) is 4.32. The Bertz CT molecular complexity index is 871. The molecule has 0 saturated carbocycles. The summed E-state index contributed by atoms with van der Waals surface area (Å²) in [5, 5.41) is 4.09. The first-order valence-corrected chi connectivity index (χ1v) is 9.46. The lowest BCUT2D eigenvalue weighted by Gasteiger charge is -2.19. The molecule has 1 atom stereocenters. The Morgan fingerprint density at radius 3 is 2.44 bits per heavy atom. The number of anilines is 1. The minimum Gasteiger partial charge on any atom is -0.494 e. The third-order valence-corrected chi connectivity index (χ3v) is 5.03. The van der Waals surface area contributed by atoms with Gasteiger partial charge in [0.1, 0.15) is 11.8 Å². The Balaban J connectivity index is 1.72. The van der Waals surface area contributed by atoms with E-state index in [1.807, 2.05) is 0 Å². The molecule has 27 heavy (non-hydrogen) atoms. The number of carbonyl (C=O) groups is 2. The van der Waals surface area contributed by atoms with Gasteiger partial charge in [-0.05, 0) is 42.8 Å². The zero-order valence-corrected chi connectivity index (χ0v) is 16.7. The molecule has 0 fully saturated rings. The highest BCUT2D eigenvalue weighted by Gasteiger charge is 2.40. The van der Waals surface area contributed by atoms with Crippen LogP contribution in [0.5, 0.6) is 5.75 Å². The van der Waals surface area contributed by atoms with Crippen LogP contribution in [-0.4, -0.2) is 25.0 Å². The smallest absolute Gasteiger partial charge is 0.254 e. The van der Waals surface area contributed by atoms with E-state index < -0.39 is 6.04 Å². The molecule has 142 valence electrons. The average molecular weight is 428 g/mol. The molecule has 1 N–H and O–H groups in total. The van der Waals surface area contributed by atoms with Gasteiger partial charge in [-0.2, -0.15) is 0 Å². The molecule has 0 radical (unpaired) electrons. The predicted octanol–water partition coefficient (Wildman–Crippen LogP) is 4.64. The van der Waals surface area contributed by atoms with Crippen LogP contribution in [0.25, 0.3) is 0 Å². The highest BCUT2D eigenvalue weighted by Crippen LogP contribution is 2.44. The van der Waals surface area contributed by atoms with Crippen LogP contribution in [0, 0.1) is 0 Å². The van der Waals surface area contributed by atoms with Crippen molar-refractivity contribution in [3.63, 3.8) is 0 Å². The molecule has 1 aliphatic heterocycles. The van der Waals surface area contributed by atoms with Gasteiger partial charge in [0, 0.05) is 29.1 Å². The standard InChI is InChI=1S/C19H17Cl3N2O3/c1-11(25)23-17-16-14(21)7-8-15(22)18(16)24(19(17)26)9-2-10-27-13-5-3-12(20)4-6-13/h3-8,17H,2,9-10H2,1H3,(H,23,25). The number of hydrogen-bond acceptors (Lipinski definition) is 3. The summed E-state index contributed by atoms with van der Waals surface area (Å²) in [7, 11) is 0. The largest absolute Gasteiger partial charge is 0.494 e. The SMILES string of the molecule is CC(=O)NC1C(=O)N(CCCOc2ccc(Cl)cc2)c2c(Cl)ccc(Cl)c21. The van der Waals surface area contributed by atoms with Gasteiger partial charge in [-0.25, -0.2) is 0 Å². The van der Waals surface area contributed by atoms with E-state index >= 15 is 0 Å². The Morgan fingerprint density at radius 2 is 1.78 bits per heavy atom. The van der Waals surface area contributed by atoms with E-state index in [-0.39, 0.29) is 11.8 Å². The maximum absolute atomic E-state index is 12.8. The van der Waals surface area contributed by atoms with Crippen LogP contribution in [-0.2, 0) is 9.59 Å². The molecular weight excluding hydrogens is 411 g/mol. The molecule has 0 bridgehead atoms. The van der Waals surface area contributed by atoms with E-state index in [1.54, 1.807) is 41.3 Å². The number of ether oxygens (including phenoxy) is 1. The lowest BCUT2D eigenvalue weighted by Crippen LogP contribution is -2.37. The number of nitrogens with zero attached hydrogens (tertiary/aromatic N) is 1. The van der Waals surface area contributed by atoms with Crippen molar-refractivity contribution >= 4 is 52.3 Å². The lowest BCUT2D eigenvalue weighted by molar-refractivity contribution is -0.126. The molecule has 2 amide bonds. The number of benzene rings is 2. The number of nitrogens with one attached hydrogen (secondary N) is 1. The maximum atomic E-state index is 12.8. The molecule has 3 rings (SSSR count). The topological polar surface area (TPSA) is 58.6 Å². The molecule has 5 nitrogen and oxygen atoms in total. The van der Waals surface area contributed by atoms with Gasteiger partial charge in [-0.3, -0.25) is 9.59 Å². The van der Waals surface area contributed by atoms with Gasteiger partial charge >= 0.3 is 0 Å². The molecule has 1 unspecified atom stereocenters. The first kappa shape index (κ1) is 19.8. The van der Waals surface area contributed by atoms with Crippen molar-refractivity contribution in [2.45, 2.75) is 19.4 Å². The number of carbonyl (C=O) groups excluding carboxylic acids is 2. The Morgan fingerprint density at radius 1 is 1.11 bits per heavy atom. The molecule has 0 saturated heterocycles. The third-order valence-electron chi connectivity index (χ3n) is 4.14. The Labute approximate surface area is 172 Å². The molecule has 0 aliphatic carbocycles. The van der Waals surface area contributed by atoms with E-state index in [4.69, 9.17) is 39.5 Å². The lowest BCUT2D eigenvalue weighted by atomic mass is 10.1. The first-order valence-electron chi connectivity index (χ1n) is 8.33. The monoisotopic (exact) mass is 426 g/mol. The highest BCUT2D eigenvalue weighted by molar-refractivity contribution is 6.38. The summed E-state index contributed by atoms with van der Waals surface area (Å²) < 4.78 is 5.66. The summed E-state index contributed by atoms with van der Waals surface area (Å²) in [5.74, 6) is 0.120. The van der Waals surface area contributed by atoms with Crippen LogP contribution < -0.4 is 15.0 Å². The quantitative estimate of drug-likeness (QED) is 0.683. The molecule has 0 spiro atoms. The van der Waals surface area contributed by atoms with Crippen LogP contribution in [0.3, 0.4) is 0 Å². The van der Waals surface area contributed by atoms with Gasteiger partial charge in [0.05, 0.1) is 17.3 Å². The highest BCUT2D eigenvalue weighted by atomic mass is 35.5. The molecule has 1 heterocycles. The number of halogens is 3. The van der Waals surface area contributed by atoms with Gasteiger partial charge in [-0.1, -0.05) is 34.8 Å². The Hall–Kier alpha value is -1.95. The summed E-state index contributed by atoms with van der Waals surface area (Å²) in [6.45, 7) is 2.15. The predicted molar refractivity (Wildman–Crippen MR) is 107 cm³/mol. The first-order chi connectivity index (χ1) is 12.9. The summed E-state index contributed by atoms with van der Waals surface area (Å²) in [5.41, 5.74) is 1.07. The molecular formula is C19H17Cl3N2O3. The molecule has 1 aliphatic rings. The van der Waals surface area contributed by atoms with Crippen molar-refractivity contribution in [1.29, 1.82) is 0 Å². The van der Waals surface area contributed by atoms with Gasteiger partial charge in [0.2, 0.25) is 5.91 Å². The fourth-order valence-corrected chi connectivity index (χ4v) is 3.65. The van der Waals surface area contributed by atoms with E-state index in [2.05, 4.69) is 5.32 Å². The number of fused-ring (bicyclic) bond motifs is 1. The average Bonchev–Trinajstić information content (AvgIpc) is 2.90. The molecule has 8 heteroatoms. The van der Waals surface area contributed by atoms with E-state index in [1.165, 1.54) is 6.92 Å². The van der Waals surface area contributed by atoms with Crippen molar-refractivity contribution in [3.8, 4) is 5.75 Å². The van der Waals surface area contributed by atoms with Crippen molar-refractivity contribution in [2.24, 2.45) is 0 Å². The van der Waals surface area contributed by atoms with Gasteiger partial charge in [0.25, 0.3) is 5.91 Å². The number of rotatable bonds is 6. The normalized spacial score (nSPS) is 15.6.